The van der Waals surface area contributed by atoms with Crippen LogP contribution in [0.15, 0.2) is 109 Å². The van der Waals surface area contributed by atoms with Gasteiger partial charge in [0.05, 0.1) is 11.4 Å². The molecule has 0 aliphatic carbocycles. The van der Waals surface area contributed by atoms with Gasteiger partial charge < -0.3 is 10.6 Å². The van der Waals surface area contributed by atoms with Gasteiger partial charge in [0.1, 0.15) is 0 Å². The van der Waals surface area contributed by atoms with Crippen molar-refractivity contribution in [3.63, 3.8) is 0 Å². The first kappa shape index (κ1) is 14.3. The maximum absolute atomic E-state index is 3.34. The quantitative estimate of drug-likeness (QED) is 0.847. The topological polar surface area (TPSA) is 24.1 Å². The van der Waals surface area contributed by atoms with Crippen molar-refractivity contribution in [3.8, 4) is 0 Å². The standard InChI is InChI=1S/C22H18N2/c1-3-7-17(8-4-1)19-11-13-23-21(15-19)22-16-20(12-14-24-22)18-9-5-2-6-10-18/h1-16,23-24H. The first-order chi connectivity index (χ1) is 11.9. The van der Waals surface area contributed by atoms with Crippen LogP contribution >= 0.6 is 0 Å². The molecule has 2 aliphatic heterocycles. The number of dihydropyridines is 2. The van der Waals surface area contributed by atoms with Gasteiger partial charge in [0.15, 0.2) is 0 Å². The minimum atomic E-state index is 1.06. The lowest BCUT2D eigenvalue weighted by Gasteiger charge is -2.18. The van der Waals surface area contributed by atoms with Crippen LogP contribution in [0.25, 0.3) is 11.1 Å². The average molecular weight is 310 g/mol. The lowest BCUT2D eigenvalue weighted by Crippen LogP contribution is -2.17. The van der Waals surface area contributed by atoms with Gasteiger partial charge in [0.25, 0.3) is 0 Å². The summed E-state index contributed by atoms with van der Waals surface area (Å²) >= 11 is 0. The molecule has 0 unspecified atom stereocenters. The second-order valence-corrected chi connectivity index (χ2v) is 5.71. The molecule has 2 aromatic carbocycles. The smallest absolute Gasteiger partial charge is 0.0625 e. The van der Waals surface area contributed by atoms with E-state index in [0.717, 1.165) is 11.4 Å². The second kappa shape index (κ2) is 6.47. The van der Waals surface area contributed by atoms with Gasteiger partial charge >= 0.3 is 0 Å². The molecule has 2 nitrogen and oxygen atoms in total. The number of hydrogen-bond donors (Lipinski definition) is 2. The third-order valence-electron chi connectivity index (χ3n) is 4.11. The lowest BCUT2D eigenvalue weighted by molar-refractivity contribution is 0.991. The molecule has 2 aliphatic rings. The van der Waals surface area contributed by atoms with Crippen molar-refractivity contribution < 1.29 is 0 Å². The Kier molecular flexibility index (Phi) is 3.86. The first-order valence-corrected chi connectivity index (χ1v) is 8.05. The van der Waals surface area contributed by atoms with Crippen molar-refractivity contribution >= 4 is 11.1 Å². The Balaban J connectivity index is 1.71. The summed E-state index contributed by atoms with van der Waals surface area (Å²) in [4.78, 5) is 0. The highest BCUT2D eigenvalue weighted by Crippen LogP contribution is 2.25. The summed E-state index contributed by atoms with van der Waals surface area (Å²) < 4.78 is 0. The summed E-state index contributed by atoms with van der Waals surface area (Å²) in [7, 11) is 0. The molecule has 2 heterocycles. The second-order valence-electron chi connectivity index (χ2n) is 5.71. The average Bonchev–Trinajstić information content (AvgIpc) is 2.70. The van der Waals surface area contributed by atoms with Gasteiger partial charge in [-0.05, 0) is 46.6 Å². The predicted octanol–water partition coefficient (Wildman–Crippen LogP) is 4.60. The zero-order chi connectivity index (χ0) is 16.2. The Morgan fingerprint density at radius 2 is 0.917 bits per heavy atom. The Morgan fingerprint density at radius 1 is 0.500 bits per heavy atom. The van der Waals surface area contributed by atoms with Gasteiger partial charge in [-0.2, -0.15) is 0 Å². The van der Waals surface area contributed by atoms with Gasteiger partial charge in [0.2, 0.25) is 0 Å². The monoisotopic (exact) mass is 310 g/mol. The van der Waals surface area contributed by atoms with E-state index in [2.05, 4.69) is 83.5 Å². The van der Waals surface area contributed by atoms with Gasteiger partial charge in [-0.1, -0.05) is 60.7 Å². The van der Waals surface area contributed by atoms with Gasteiger partial charge in [-0.25, -0.2) is 0 Å². The van der Waals surface area contributed by atoms with Gasteiger partial charge in [-0.3, -0.25) is 0 Å². The van der Waals surface area contributed by atoms with Crippen LogP contribution in [0.2, 0.25) is 0 Å². The summed E-state index contributed by atoms with van der Waals surface area (Å²) in [6.07, 6.45) is 12.5. The van der Waals surface area contributed by atoms with Crippen LogP contribution in [0, 0.1) is 0 Å². The van der Waals surface area contributed by atoms with Crippen LogP contribution in [0.1, 0.15) is 11.1 Å². The maximum atomic E-state index is 3.34. The maximum Gasteiger partial charge on any atom is 0.0625 e. The fraction of sp³-hybridized carbons (Fsp3) is 0. The SMILES string of the molecule is C1=CC(c2ccccc2)=CC(=C2C=C(c3ccccc3)C=CN2)N1. The van der Waals surface area contributed by atoms with Gasteiger partial charge in [0, 0.05) is 12.4 Å². The lowest BCUT2D eigenvalue weighted by atomic mass is 10.00. The van der Waals surface area contributed by atoms with E-state index < -0.39 is 0 Å². The molecule has 116 valence electrons. The van der Waals surface area contributed by atoms with E-state index in [0.29, 0.717) is 0 Å². The van der Waals surface area contributed by atoms with E-state index >= 15 is 0 Å². The zero-order valence-corrected chi connectivity index (χ0v) is 13.2. The molecule has 0 saturated heterocycles. The minimum absolute atomic E-state index is 1.06. The van der Waals surface area contributed by atoms with Crippen LogP contribution in [0.3, 0.4) is 0 Å². The van der Waals surface area contributed by atoms with Crippen LogP contribution < -0.4 is 10.6 Å². The number of hydrogen-bond acceptors (Lipinski definition) is 2. The summed E-state index contributed by atoms with van der Waals surface area (Å²) in [6, 6.07) is 20.8. The van der Waals surface area contributed by atoms with E-state index in [9.17, 15) is 0 Å². The molecule has 0 amide bonds. The highest BCUT2D eigenvalue weighted by atomic mass is 14.9. The van der Waals surface area contributed by atoms with Crippen LogP contribution in [-0.4, -0.2) is 0 Å². The molecule has 2 heteroatoms. The van der Waals surface area contributed by atoms with Crippen LogP contribution in [-0.2, 0) is 0 Å². The third kappa shape index (κ3) is 2.95. The highest BCUT2D eigenvalue weighted by Gasteiger charge is 2.10. The highest BCUT2D eigenvalue weighted by molar-refractivity contribution is 5.80. The fourth-order valence-corrected chi connectivity index (χ4v) is 2.86. The Bertz CT molecular complexity index is 807. The number of nitrogens with one attached hydrogen (secondary N) is 2. The third-order valence-corrected chi connectivity index (χ3v) is 4.11. The largest absolute Gasteiger partial charge is 0.360 e. The molecular formula is C22H18N2. The normalized spacial score (nSPS) is 19.2. The minimum Gasteiger partial charge on any atom is -0.360 e. The van der Waals surface area contributed by atoms with Crippen molar-refractivity contribution in [1.29, 1.82) is 0 Å². The number of allylic oxidation sites excluding steroid dienone is 6. The predicted molar refractivity (Wildman–Crippen MR) is 100 cm³/mol. The van der Waals surface area contributed by atoms with Crippen LogP contribution in [0.4, 0.5) is 0 Å². The molecule has 0 aromatic heterocycles. The van der Waals surface area contributed by atoms with Crippen molar-refractivity contribution in [2.45, 2.75) is 0 Å². The summed E-state index contributed by atoms with van der Waals surface area (Å²) in [5, 5.41) is 6.68. The molecule has 0 bridgehead atoms. The van der Waals surface area contributed by atoms with E-state index in [-0.39, 0.29) is 0 Å². The molecule has 2 N–H and O–H groups in total. The van der Waals surface area contributed by atoms with Crippen molar-refractivity contribution in [3.05, 3.63) is 120 Å². The first-order valence-electron chi connectivity index (χ1n) is 8.05. The number of benzene rings is 2. The Morgan fingerprint density at radius 3 is 1.33 bits per heavy atom. The molecule has 0 radical (unpaired) electrons. The molecular weight excluding hydrogens is 292 g/mol. The molecule has 0 fully saturated rings. The van der Waals surface area contributed by atoms with Crippen LogP contribution in [0.5, 0.6) is 0 Å². The summed E-state index contributed by atoms with van der Waals surface area (Å²) in [5.41, 5.74) is 6.95. The van der Waals surface area contributed by atoms with E-state index in [1.54, 1.807) is 0 Å². The van der Waals surface area contributed by atoms with E-state index in [4.69, 9.17) is 0 Å². The van der Waals surface area contributed by atoms with Crippen molar-refractivity contribution in [2.75, 3.05) is 0 Å². The molecule has 0 atom stereocenters. The molecule has 24 heavy (non-hydrogen) atoms. The fourth-order valence-electron chi connectivity index (χ4n) is 2.86. The Hall–Kier alpha value is -3.26. The molecule has 0 spiro atoms. The summed E-state index contributed by atoms with van der Waals surface area (Å²) in [5.74, 6) is 0. The summed E-state index contributed by atoms with van der Waals surface area (Å²) in [6.45, 7) is 0. The number of rotatable bonds is 2. The molecule has 0 saturated carbocycles. The van der Waals surface area contributed by atoms with Crippen molar-refractivity contribution in [2.24, 2.45) is 0 Å². The molecule has 2 aromatic rings. The van der Waals surface area contributed by atoms with Gasteiger partial charge in [-0.15, -0.1) is 0 Å². The zero-order valence-electron chi connectivity index (χ0n) is 13.2. The van der Waals surface area contributed by atoms with E-state index in [1.165, 1.54) is 22.3 Å². The van der Waals surface area contributed by atoms with E-state index in [1.807, 2.05) is 24.5 Å². The molecule has 4 rings (SSSR count). The van der Waals surface area contributed by atoms with Crippen molar-refractivity contribution in [1.82, 2.24) is 10.6 Å². The Labute approximate surface area is 142 Å².